The van der Waals surface area contributed by atoms with Crippen LogP contribution in [0.2, 0.25) is 0 Å². The van der Waals surface area contributed by atoms with Gasteiger partial charge in [-0.05, 0) is 25.7 Å². The molecule has 29 heavy (non-hydrogen) atoms. The maximum atomic E-state index is 10.8. The first kappa shape index (κ1) is 25.8. The monoisotopic (exact) mass is 420 g/mol. The van der Waals surface area contributed by atoms with Gasteiger partial charge in [0.05, 0.1) is 11.8 Å². The summed E-state index contributed by atoms with van der Waals surface area (Å²) in [6.07, 6.45) is 8.32. The van der Waals surface area contributed by atoms with Crippen molar-refractivity contribution in [2.24, 2.45) is 11.8 Å². The highest BCUT2D eigenvalue weighted by molar-refractivity contribution is 5.74. The Morgan fingerprint density at radius 2 is 1.14 bits per heavy atom. The van der Waals surface area contributed by atoms with Crippen LogP contribution in [-0.4, -0.2) is 33.9 Å². The average Bonchev–Trinajstić information content (AvgIpc) is 2.72. The molecule has 0 heterocycles. The first-order valence-electron chi connectivity index (χ1n) is 10.5. The summed E-state index contributed by atoms with van der Waals surface area (Å²) in [5.41, 5.74) is 0. The number of aliphatic hydroxyl groups is 1. The Balaban J connectivity index is 0.000000311. The third-order valence-electron chi connectivity index (χ3n) is 4.91. The highest BCUT2D eigenvalue weighted by Gasteiger charge is 2.40. The van der Waals surface area contributed by atoms with Gasteiger partial charge < -0.3 is 5.11 Å². The summed E-state index contributed by atoms with van der Waals surface area (Å²) in [5.74, 6) is -3.94. The van der Waals surface area contributed by atoms with E-state index in [4.69, 9.17) is 15.0 Å². The van der Waals surface area contributed by atoms with Crippen molar-refractivity contribution in [1.29, 1.82) is 0 Å². The van der Waals surface area contributed by atoms with Crippen LogP contribution in [0.25, 0.3) is 0 Å². The first-order valence-corrected chi connectivity index (χ1v) is 10.5. The minimum Gasteiger partial charge on any atom is -0.363 e. The molecule has 0 aromatic heterocycles. The Bertz CT molecular complexity index is 472. The molecule has 0 amide bonds. The number of hydrogen-bond acceptors (Lipinski definition) is 9. The molecule has 2 aliphatic carbocycles. The summed E-state index contributed by atoms with van der Waals surface area (Å²) in [6.45, 7) is 6.63. The molecule has 2 rings (SSSR count). The molecule has 2 N–H and O–H groups in total. The molecule has 0 aliphatic heterocycles. The summed E-state index contributed by atoms with van der Waals surface area (Å²) >= 11 is 0. The molecule has 0 aromatic carbocycles. The van der Waals surface area contributed by atoms with Gasteiger partial charge in [-0.25, -0.2) is 29.5 Å². The first-order chi connectivity index (χ1) is 13.6. The van der Waals surface area contributed by atoms with Crippen molar-refractivity contribution >= 4 is 11.9 Å². The summed E-state index contributed by atoms with van der Waals surface area (Å²) < 4.78 is 0. The van der Waals surface area contributed by atoms with Crippen molar-refractivity contribution in [1.82, 2.24) is 0 Å². The third-order valence-corrected chi connectivity index (χ3v) is 4.91. The van der Waals surface area contributed by atoms with E-state index in [1.165, 1.54) is 0 Å². The lowest BCUT2D eigenvalue weighted by molar-refractivity contribution is -0.548. The van der Waals surface area contributed by atoms with Gasteiger partial charge in [0.15, 0.2) is 5.79 Å². The van der Waals surface area contributed by atoms with Crippen molar-refractivity contribution in [2.75, 3.05) is 0 Å². The number of carbonyl (C=O) groups is 2. The Morgan fingerprint density at radius 3 is 1.52 bits per heavy atom. The number of hydrogen-bond donors (Lipinski definition) is 2. The second kappa shape index (κ2) is 12.4. The van der Waals surface area contributed by atoms with Gasteiger partial charge in [0.2, 0.25) is 5.79 Å². The van der Waals surface area contributed by atoms with Crippen molar-refractivity contribution in [3.05, 3.63) is 0 Å². The van der Waals surface area contributed by atoms with Crippen LogP contribution >= 0.6 is 0 Å². The van der Waals surface area contributed by atoms with Crippen LogP contribution in [0.4, 0.5) is 0 Å². The molecule has 9 nitrogen and oxygen atoms in total. The molecule has 0 spiro atoms. The van der Waals surface area contributed by atoms with Crippen LogP contribution in [0.3, 0.4) is 0 Å². The SMILES string of the molecule is CC(C)C(=O)OOC(=O)C(C)C.OOC1(OOC2(O)CCCCC2)CCCCC1. The highest BCUT2D eigenvalue weighted by atomic mass is 17.3. The molecule has 0 radical (unpaired) electrons. The van der Waals surface area contributed by atoms with Gasteiger partial charge >= 0.3 is 11.9 Å². The third kappa shape index (κ3) is 9.39. The van der Waals surface area contributed by atoms with Gasteiger partial charge in [-0.15, -0.1) is 0 Å². The molecule has 0 saturated heterocycles. The Labute approximate surface area is 172 Å². The number of rotatable bonds is 6. The van der Waals surface area contributed by atoms with E-state index in [0.29, 0.717) is 25.7 Å². The molecular formula is C20H36O9. The van der Waals surface area contributed by atoms with Gasteiger partial charge in [-0.3, -0.25) is 0 Å². The van der Waals surface area contributed by atoms with E-state index >= 15 is 0 Å². The van der Waals surface area contributed by atoms with Gasteiger partial charge in [0.25, 0.3) is 0 Å². The van der Waals surface area contributed by atoms with Crippen molar-refractivity contribution in [3.8, 4) is 0 Å². The average molecular weight is 420 g/mol. The van der Waals surface area contributed by atoms with Gasteiger partial charge in [-0.1, -0.05) is 40.5 Å². The van der Waals surface area contributed by atoms with E-state index in [0.717, 1.165) is 38.5 Å². The smallest absolute Gasteiger partial charge is 0.358 e. The molecule has 2 aliphatic rings. The van der Waals surface area contributed by atoms with Gasteiger partial charge in [0.1, 0.15) is 0 Å². The zero-order chi connectivity index (χ0) is 21.9. The lowest BCUT2D eigenvalue weighted by atomic mass is 9.94. The van der Waals surface area contributed by atoms with E-state index in [1.54, 1.807) is 27.7 Å². The summed E-state index contributed by atoms with van der Waals surface area (Å²) in [7, 11) is 0. The molecule has 170 valence electrons. The molecule has 0 unspecified atom stereocenters. The minimum atomic E-state index is -1.21. The largest absolute Gasteiger partial charge is 0.363 e. The quantitative estimate of drug-likeness (QED) is 0.372. The Morgan fingerprint density at radius 1 is 0.724 bits per heavy atom. The standard InChI is InChI=1S/C12H22O5.C8H14O4/c13-11(7-3-1-4-8-11)16-17-12(15-14)9-5-2-6-10-12;1-5(2)7(9)11-12-8(10)6(3)4/h13-14H,1-10H2;5-6H,1-4H3. The van der Waals surface area contributed by atoms with Gasteiger partial charge in [0, 0.05) is 25.7 Å². The molecular weight excluding hydrogens is 384 g/mol. The van der Waals surface area contributed by atoms with Crippen LogP contribution in [0.15, 0.2) is 0 Å². The fourth-order valence-corrected chi connectivity index (χ4v) is 2.90. The predicted octanol–water partition coefficient (Wildman–Crippen LogP) is 4.04. The predicted molar refractivity (Wildman–Crippen MR) is 102 cm³/mol. The molecule has 2 fully saturated rings. The number of carbonyl (C=O) groups excluding carboxylic acids is 2. The zero-order valence-electron chi connectivity index (χ0n) is 18.0. The molecule has 0 atom stereocenters. The highest BCUT2D eigenvalue weighted by Crippen LogP contribution is 2.36. The summed E-state index contributed by atoms with van der Waals surface area (Å²) in [5, 5.41) is 19.1. The van der Waals surface area contributed by atoms with Crippen LogP contribution < -0.4 is 0 Å². The fraction of sp³-hybridized carbons (Fsp3) is 0.900. The van der Waals surface area contributed by atoms with Crippen LogP contribution in [0.5, 0.6) is 0 Å². The lowest BCUT2D eigenvalue weighted by Gasteiger charge is -2.37. The Hall–Kier alpha value is -1.26. The second-order valence-electron chi connectivity index (χ2n) is 8.35. The van der Waals surface area contributed by atoms with E-state index in [2.05, 4.69) is 14.7 Å². The second-order valence-corrected chi connectivity index (χ2v) is 8.35. The Kier molecular flexibility index (Phi) is 11.1. The van der Waals surface area contributed by atoms with E-state index in [9.17, 15) is 14.7 Å². The summed E-state index contributed by atoms with van der Waals surface area (Å²) in [6, 6.07) is 0. The minimum absolute atomic E-state index is 0.287. The maximum Gasteiger partial charge on any atom is 0.358 e. The van der Waals surface area contributed by atoms with E-state index in [-0.39, 0.29) is 11.8 Å². The topological polar surface area (TPSA) is 121 Å². The molecule has 2 saturated carbocycles. The lowest BCUT2D eigenvalue weighted by Crippen LogP contribution is -2.43. The van der Waals surface area contributed by atoms with Crippen LogP contribution in [0.1, 0.15) is 91.9 Å². The van der Waals surface area contributed by atoms with E-state index in [1.807, 2.05) is 0 Å². The maximum absolute atomic E-state index is 10.8. The van der Waals surface area contributed by atoms with Gasteiger partial charge in [-0.2, -0.15) is 9.78 Å². The summed E-state index contributed by atoms with van der Waals surface area (Å²) in [4.78, 5) is 44.9. The zero-order valence-corrected chi connectivity index (χ0v) is 18.0. The molecule has 0 bridgehead atoms. The van der Waals surface area contributed by atoms with Crippen molar-refractivity contribution in [2.45, 2.75) is 103 Å². The van der Waals surface area contributed by atoms with Crippen molar-refractivity contribution in [3.63, 3.8) is 0 Å². The van der Waals surface area contributed by atoms with Crippen LogP contribution in [-0.2, 0) is 34.0 Å². The fourth-order valence-electron chi connectivity index (χ4n) is 2.90. The normalized spacial score (nSPS) is 20.6. The van der Waals surface area contributed by atoms with E-state index < -0.39 is 23.5 Å². The van der Waals surface area contributed by atoms with Crippen molar-refractivity contribution < 1.29 is 44.4 Å². The molecule has 9 heteroatoms. The molecule has 0 aromatic rings. The van der Waals surface area contributed by atoms with Crippen LogP contribution in [0, 0.1) is 11.8 Å².